The van der Waals surface area contributed by atoms with Crippen LogP contribution in [0.5, 0.6) is 0 Å². The van der Waals surface area contributed by atoms with E-state index in [2.05, 4.69) is 19.2 Å². The molecule has 1 aliphatic heterocycles. The number of carbonyl (C=O) groups is 2. The molecule has 0 bridgehead atoms. The Balaban J connectivity index is 1.77. The number of rotatable bonds is 2. The molecule has 0 spiro atoms. The normalized spacial score (nSPS) is 32.8. The third kappa shape index (κ3) is 2.76. The van der Waals surface area contributed by atoms with Crippen molar-refractivity contribution in [2.75, 3.05) is 13.1 Å². The smallest absolute Gasteiger partial charge is 0.317 e. The minimum Gasteiger partial charge on any atom is -0.481 e. The average Bonchev–Trinajstić information content (AvgIpc) is 2.19. The lowest BCUT2D eigenvalue weighted by Crippen LogP contribution is -2.58. The lowest BCUT2D eigenvalue weighted by Gasteiger charge is -2.39. The molecule has 0 aromatic rings. The van der Waals surface area contributed by atoms with E-state index in [4.69, 9.17) is 5.11 Å². The summed E-state index contributed by atoms with van der Waals surface area (Å²) >= 11 is 0. The molecule has 18 heavy (non-hydrogen) atoms. The maximum atomic E-state index is 11.9. The number of aliphatic carboxylic acids is 1. The number of nitrogens with one attached hydrogen (secondary N) is 1. The Morgan fingerprint density at radius 1 is 1.22 bits per heavy atom. The largest absolute Gasteiger partial charge is 0.481 e. The fraction of sp³-hybridized carbons (Fsp3) is 0.846. The number of carbonyl (C=O) groups excluding carboxylic acids is 1. The number of amides is 2. The summed E-state index contributed by atoms with van der Waals surface area (Å²) in [6.07, 6.45) is 3.35. The third-order valence-corrected chi connectivity index (χ3v) is 4.26. The van der Waals surface area contributed by atoms with Crippen LogP contribution in [0, 0.1) is 17.8 Å². The summed E-state index contributed by atoms with van der Waals surface area (Å²) in [7, 11) is 0. The van der Waals surface area contributed by atoms with Gasteiger partial charge < -0.3 is 15.3 Å². The zero-order valence-corrected chi connectivity index (χ0v) is 11.1. The summed E-state index contributed by atoms with van der Waals surface area (Å²) < 4.78 is 0. The predicted molar refractivity (Wildman–Crippen MR) is 67.2 cm³/mol. The van der Waals surface area contributed by atoms with Crippen LogP contribution < -0.4 is 5.32 Å². The van der Waals surface area contributed by atoms with Crippen molar-refractivity contribution in [1.82, 2.24) is 10.2 Å². The van der Waals surface area contributed by atoms with Gasteiger partial charge in [0.05, 0.1) is 5.92 Å². The lowest BCUT2D eigenvalue weighted by molar-refractivity contribution is -0.146. The molecule has 0 aromatic heterocycles. The molecule has 3 unspecified atom stereocenters. The first kappa shape index (κ1) is 13.2. The molecule has 0 radical (unpaired) electrons. The van der Waals surface area contributed by atoms with Crippen molar-refractivity contribution in [2.45, 2.75) is 39.2 Å². The Hall–Kier alpha value is -1.26. The van der Waals surface area contributed by atoms with Crippen molar-refractivity contribution in [3.8, 4) is 0 Å². The fourth-order valence-electron chi connectivity index (χ4n) is 2.93. The van der Waals surface area contributed by atoms with Crippen LogP contribution >= 0.6 is 0 Å². The van der Waals surface area contributed by atoms with E-state index in [1.807, 2.05) is 0 Å². The zero-order chi connectivity index (χ0) is 13.3. The molecular weight excluding hydrogens is 232 g/mol. The number of nitrogens with zero attached hydrogens (tertiary/aromatic N) is 1. The monoisotopic (exact) mass is 254 g/mol. The second kappa shape index (κ2) is 5.16. The fourth-order valence-corrected chi connectivity index (χ4v) is 2.93. The molecule has 0 aromatic carbocycles. The van der Waals surface area contributed by atoms with E-state index in [0.717, 1.165) is 25.2 Å². The number of hydrogen-bond acceptors (Lipinski definition) is 2. The van der Waals surface area contributed by atoms with Crippen molar-refractivity contribution in [3.63, 3.8) is 0 Å². The van der Waals surface area contributed by atoms with E-state index in [1.54, 1.807) is 4.90 Å². The Kier molecular flexibility index (Phi) is 3.78. The molecule has 2 aliphatic rings. The SMILES string of the molecule is CC1CCC(NC(=O)N2CC(C(=O)O)C2)C(C)C1. The molecule has 5 nitrogen and oxygen atoms in total. The molecular formula is C13H22N2O3. The van der Waals surface area contributed by atoms with Crippen LogP contribution in [0.1, 0.15) is 33.1 Å². The van der Waals surface area contributed by atoms with Crippen LogP contribution in [0.25, 0.3) is 0 Å². The van der Waals surface area contributed by atoms with E-state index in [-0.39, 0.29) is 18.0 Å². The first-order valence-electron chi connectivity index (χ1n) is 6.75. The highest BCUT2D eigenvalue weighted by atomic mass is 16.4. The van der Waals surface area contributed by atoms with Crippen molar-refractivity contribution in [3.05, 3.63) is 0 Å². The predicted octanol–water partition coefficient (Wildman–Crippen LogP) is 1.54. The highest BCUT2D eigenvalue weighted by molar-refractivity contribution is 5.79. The van der Waals surface area contributed by atoms with E-state index in [9.17, 15) is 9.59 Å². The summed E-state index contributed by atoms with van der Waals surface area (Å²) in [5.74, 6) is 0.0706. The molecule has 2 N–H and O–H groups in total. The Morgan fingerprint density at radius 2 is 1.89 bits per heavy atom. The molecule has 1 saturated heterocycles. The topological polar surface area (TPSA) is 69.6 Å². The summed E-state index contributed by atoms with van der Waals surface area (Å²) in [5.41, 5.74) is 0. The van der Waals surface area contributed by atoms with Gasteiger partial charge in [0.2, 0.25) is 0 Å². The van der Waals surface area contributed by atoms with E-state index in [0.29, 0.717) is 19.0 Å². The van der Waals surface area contributed by atoms with Gasteiger partial charge in [0.15, 0.2) is 0 Å². The van der Waals surface area contributed by atoms with Crippen LogP contribution in [-0.2, 0) is 4.79 Å². The summed E-state index contributed by atoms with van der Waals surface area (Å²) in [4.78, 5) is 24.2. The van der Waals surface area contributed by atoms with Gasteiger partial charge in [-0.3, -0.25) is 4.79 Å². The van der Waals surface area contributed by atoms with Crippen molar-refractivity contribution in [2.24, 2.45) is 17.8 Å². The maximum absolute atomic E-state index is 11.9. The number of hydrogen-bond donors (Lipinski definition) is 2. The number of likely N-dealkylation sites (tertiary alicyclic amines) is 1. The highest BCUT2D eigenvalue weighted by Gasteiger charge is 2.37. The van der Waals surface area contributed by atoms with Crippen molar-refractivity contribution in [1.29, 1.82) is 0 Å². The van der Waals surface area contributed by atoms with Gasteiger partial charge in [0.25, 0.3) is 0 Å². The molecule has 2 fully saturated rings. The summed E-state index contributed by atoms with van der Waals surface area (Å²) in [5, 5.41) is 11.8. The Labute approximate surface area is 108 Å². The van der Waals surface area contributed by atoms with E-state index >= 15 is 0 Å². The van der Waals surface area contributed by atoms with Gasteiger partial charge >= 0.3 is 12.0 Å². The molecule has 5 heteroatoms. The Morgan fingerprint density at radius 3 is 2.44 bits per heavy atom. The maximum Gasteiger partial charge on any atom is 0.317 e. The van der Waals surface area contributed by atoms with Crippen LogP contribution in [-0.4, -0.2) is 41.1 Å². The molecule has 1 aliphatic carbocycles. The molecule has 2 rings (SSSR count). The van der Waals surface area contributed by atoms with Gasteiger partial charge in [-0.1, -0.05) is 13.8 Å². The molecule has 102 valence electrons. The lowest BCUT2D eigenvalue weighted by atomic mass is 9.80. The second-order valence-electron chi connectivity index (χ2n) is 5.89. The van der Waals surface area contributed by atoms with Crippen molar-refractivity contribution < 1.29 is 14.7 Å². The molecule has 1 saturated carbocycles. The van der Waals surface area contributed by atoms with Crippen LogP contribution in [0.2, 0.25) is 0 Å². The minimum absolute atomic E-state index is 0.0982. The van der Waals surface area contributed by atoms with E-state index in [1.165, 1.54) is 0 Å². The first-order valence-corrected chi connectivity index (χ1v) is 6.75. The van der Waals surface area contributed by atoms with Crippen molar-refractivity contribution >= 4 is 12.0 Å². The third-order valence-electron chi connectivity index (χ3n) is 4.26. The van der Waals surface area contributed by atoms with Gasteiger partial charge in [-0.2, -0.15) is 0 Å². The van der Waals surface area contributed by atoms with Gasteiger partial charge in [-0.25, -0.2) is 4.79 Å². The number of urea groups is 1. The van der Waals surface area contributed by atoms with Gasteiger partial charge in [0, 0.05) is 19.1 Å². The quantitative estimate of drug-likeness (QED) is 0.785. The standard InChI is InChI=1S/C13H22N2O3/c1-8-3-4-11(9(2)5-8)14-13(18)15-6-10(7-15)12(16)17/h8-11H,3-7H2,1-2H3,(H,14,18)(H,16,17). The summed E-state index contributed by atoms with van der Waals surface area (Å²) in [6, 6.07) is 0.150. The van der Waals surface area contributed by atoms with Crippen LogP contribution in [0.15, 0.2) is 0 Å². The zero-order valence-electron chi connectivity index (χ0n) is 11.1. The number of carboxylic acid groups (broad SMARTS) is 1. The van der Waals surface area contributed by atoms with Crippen LogP contribution in [0.3, 0.4) is 0 Å². The molecule has 3 atom stereocenters. The number of carboxylic acids is 1. The van der Waals surface area contributed by atoms with Gasteiger partial charge in [-0.15, -0.1) is 0 Å². The average molecular weight is 254 g/mol. The molecule has 1 heterocycles. The highest BCUT2D eigenvalue weighted by Crippen LogP contribution is 2.29. The first-order chi connectivity index (χ1) is 8.47. The van der Waals surface area contributed by atoms with Gasteiger partial charge in [0.1, 0.15) is 0 Å². The summed E-state index contributed by atoms with van der Waals surface area (Å²) in [6.45, 7) is 5.12. The second-order valence-corrected chi connectivity index (χ2v) is 5.89. The Bertz CT molecular complexity index is 339. The minimum atomic E-state index is -0.807. The van der Waals surface area contributed by atoms with Crippen LogP contribution in [0.4, 0.5) is 4.79 Å². The van der Waals surface area contributed by atoms with E-state index < -0.39 is 5.97 Å². The molecule has 2 amide bonds. The van der Waals surface area contributed by atoms with Gasteiger partial charge in [-0.05, 0) is 31.1 Å².